The molecular weight excluding hydrogens is 431 g/mol. The topological polar surface area (TPSA) is 83.0 Å². The molecule has 138 valence electrons. The van der Waals surface area contributed by atoms with Crippen LogP contribution in [0.1, 0.15) is 26.2 Å². The second kappa shape index (κ2) is 12.3. The molecule has 1 aliphatic heterocycles. The summed E-state index contributed by atoms with van der Waals surface area (Å²) in [5.74, 6) is 1.63. The van der Waals surface area contributed by atoms with Crippen LogP contribution in [0.25, 0.3) is 0 Å². The van der Waals surface area contributed by atoms with Gasteiger partial charge in [0.05, 0.1) is 5.75 Å². The van der Waals surface area contributed by atoms with Crippen molar-refractivity contribution in [2.45, 2.75) is 26.2 Å². The lowest BCUT2D eigenvalue weighted by atomic mass is 9.96. The zero-order chi connectivity index (χ0) is 16.4. The van der Waals surface area contributed by atoms with Gasteiger partial charge < -0.3 is 15.0 Å². The molecule has 0 bridgehead atoms. The van der Waals surface area contributed by atoms with Gasteiger partial charge in [-0.15, -0.1) is 24.0 Å². The Morgan fingerprint density at radius 3 is 2.52 bits per heavy atom. The van der Waals surface area contributed by atoms with Crippen molar-refractivity contribution < 1.29 is 13.2 Å². The summed E-state index contributed by atoms with van der Waals surface area (Å²) in [6, 6.07) is 0. The largest absolute Gasteiger partial charge is 0.381 e. The van der Waals surface area contributed by atoms with Crippen LogP contribution in [0.4, 0.5) is 0 Å². The van der Waals surface area contributed by atoms with Crippen LogP contribution in [0.3, 0.4) is 0 Å². The van der Waals surface area contributed by atoms with Crippen LogP contribution in [0, 0.1) is 5.92 Å². The third kappa shape index (κ3) is 9.68. The molecule has 0 aromatic heterocycles. The molecule has 0 aliphatic carbocycles. The van der Waals surface area contributed by atoms with Gasteiger partial charge in [0.15, 0.2) is 5.96 Å². The summed E-state index contributed by atoms with van der Waals surface area (Å²) >= 11 is 0. The van der Waals surface area contributed by atoms with Gasteiger partial charge in [0.25, 0.3) is 0 Å². The SMILES string of the molecule is CCS(=O)(=O)NCCNC(=NC)N(C)CCC1CCOCC1.I. The van der Waals surface area contributed by atoms with E-state index in [4.69, 9.17) is 4.74 Å². The highest BCUT2D eigenvalue weighted by molar-refractivity contribution is 14.0. The minimum absolute atomic E-state index is 0. The molecule has 0 atom stereocenters. The Morgan fingerprint density at radius 2 is 1.96 bits per heavy atom. The third-order valence-electron chi connectivity index (χ3n) is 3.90. The maximum atomic E-state index is 11.3. The second-order valence-corrected chi connectivity index (χ2v) is 7.63. The quantitative estimate of drug-likeness (QED) is 0.242. The van der Waals surface area contributed by atoms with Crippen molar-refractivity contribution in [1.82, 2.24) is 14.9 Å². The van der Waals surface area contributed by atoms with Crippen LogP contribution >= 0.6 is 24.0 Å². The van der Waals surface area contributed by atoms with Gasteiger partial charge in [0, 0.05) is 46.9 Å². The Kier molecular flexibility index (Phi) is 12.2. The average molecular weight is 462 g/mol. The molecule has 0 radical (unpaired) electrons. The summed E-state index contributed by atoms with van der Waals surface area (Å²) in [5.41, 5.74) is 0. The lowest BCUT2D eigenvalue weighted by Crippen LogP contribution is -2.43. The van der Waals surface area contributed by atoms with E-state index in [2.05, 4.69) is 19.9 Å². The molecule has 0 saturated carbocycles. The lowest BCUT2D eigenvalue weighted by Gasteiger charge is -2.26. The van der Waals surface area contributed by atoms with Crippen molar-refractivity contribution in [2.24, 2.45) is 10.9 Å². The Balaban J connectivity index is 0.00000484. The number of guanidine groups is 1. The van der Waals surface area contributed by atoms with Crippen molar-refractivity contribution in [1.29, 1.82) is 0 Å². The number of ether oxygens (including phenoxy) is 1. The fourth-order valence-electron chi connectivity index (χ4n) is 2.38. The number of hydrogen-bond acceptors (Lipinski definition) is 4. The maximum Gasteiger partial charge on any atom is 0.211 e. The molecule has 0 aromatic carbocycles. The van der Waals surface area contributed by atoms with Crippen molar-refractivity contribution >= 4 is 40.0 Å². The van der Waals surface area contributed by atoms with E-state index in [0.29, 0.717) is 13.1 Å². The smallest absolute Gasteiger partial charge is 0.211 e. The molecule has 0 amide bonds. The number of aliphatic imine (C=N–C) groups is 1. The van der Waals surface area contributed by atoms with E-state index in [-0.39, 0.29) is 29.7 Å². The number of halogens is 1. The zero-order valence-corrected chi connectivity index (χ0v) is 17.5. The fourth-order valence-corrected chi connectivity index (χ4v) is 3.00. The first-order chi connectivity index (χ1) is 10.5. The van der Waals surface area contributed by atoms with Gasteiger partial charge in [-0.1, -0.05) is 0 Å². The fraction of sp³-hybridized carbons (Fsp3) is 0.929. The molecule has 1 saturated heterocycles. The Hall–Kier alpha value is -0.130. The van der Waals surface area contributed by atoms with E-state index in [0.717, 1.165) is 50.9 Å². The van der Waals surface area contributed by atoms with Crippen LogP contribution < -0.4 is 10.0 Å². The first kappa shape index (κ1) is 22.9. The molecule has 1 heterocycles. The van der Waals surface area contributed by atoms with E-state index in [9.17, 15) is 8.42 Å². The maximum absolute atomic E-state index is 11.3. The molecule has 23 heavy (non-hydrogen) atoms. The van der Waals surface area contributed by atoms with Crippen LogP contribution in [0.2, 0.25) is 0 Å². The molecule has 7 nitrogen and oxygen atoms in total. The molecule has 0 unspecified atom stereocenters. The minimum atomic E-state index is -3.12. The summed E-state index contributed by atoms with van der Waals surface area (Å²) in [6.45, 7) is 5.19. The van der Waals surface area contributed by atoms with Crippen molar-refractivity contribution in [3.05, 3.63) is 0 Å². The van der Waals surface area contributed by atoms with Gasteiger partial charge in [-0.3, -0.25) is 4.99 Å². The highest BCUT2D eigenvalue weighted by Crippen LogP contribution is 2.18. The molecular formula is C14H31IN4O3S. The van der Waals surface area contributed by atoms with E-state index < -0.39 is 10.0 Å². The van der Waals surface area contributed by atoms with E-state index in [1.807, 2.05) is 7.05 Å². The molecule has 0 aromatic rings. The number of rotatable bonds is 8. The van der Waals surface area contributed by atoms with E-state index >= 15 is 0 Å². The third-order valence-corrected chi connectivity index (χ3v) is 5.30. The highest BCUT2D eigenvalue weighted by atomic mass is 127. The number of nitrogens with zero attached hydrogens (tertiary/aromatic N) is 2. The van der Waals surface area contributed by atoms with Crippen molar-refractivity contribution in [3.63, 3.8) is 0 Å². The van der Waals surface area contributed by atoms with Gasteiger partial charge in [0.2, 0.25) is 10.0 Å². The van der Waals surface area contributed by atoms with Crippen LogP contribution in [0.15, 0.2) is 4.99 Å². The van der Waals surface area contributed by atoms with Crippen molar-refractivity contribution in [3.8, 4) is 0 Å². The van der Waals surface area contributed by atoms with E-state index in [1.54, 1.807) is 14.0 Å². The molecule has 1 aliphatic rings. The summed E-state index contributed by atoms with van der Waals surface area (Å²) in [7, 11) is 0.620. The Labute approximate surface area is 157 Å². The van der Waals surface area contributed by atoms with Gasteiger partial charge in [0.1, 0.15) is 0 Å². The molecule has 1 rings (SSSR count). The monoisotopic (exact) mass is 462 g/mol. The Morgan fingerprint density at radius 1 is 1.30 bits per heavy atom. The van der Waals surface area contributed by atoms with Crippen molar-refractivity contribution in [2.75, 3.05) is 52.7 Å². The zero-order valence-electron chi connectivity index (χ0n) is 14.4. The molecule has 1 fully saturated rings. The summed E-state index contributed by atoms with van der Waals surface area (Å²) in [5, 5.41) is 3.18. The predicted molar refractivity (Wildman–Crippen MR) is 105 cm³/mol. The van der Waals surface area contributed by atoms with Crippen LogP contribution in [-0.4, -0.2) is 72.0 Å². The second-order valence-electron chi connectivity index (χ2n) is 5.54. The minimum Gasteiger partial charge on any atom is -0.381 e. The normalized spacial score (nSPS) is 16.7. The molecule has 9 heteroatoms. The summed E-state index contributed by atoms with van der Waals surface area (Å²) < 4.78 is 30.6. The first-order valence-electron chi connectivity index (χ1n) is 7.95. The van der Waals surface area contributed by atoms with Gasteiger partial charge in [-0.05, 0) is 32.1 Å². The number of nitrogens with one attached hydrogen (secondary N) is 2. The summed E-state index contributed by atoms with van der Waals surface area (Å²) in [6.07, 6.45) is 3.40. The van der Waals surface area contributed by atoms with Gasteiger partial charge in [-0.25, -0.2) is 13.1 Å². The molecule has 2 N–H and O–H groups in total. The van der Waals surface area contributed by atoms with Crippen LogP contribution in [-0.2, 0) is 14.8 Å². The first-order valence-corrected chi connectivity index (χ1v) is 9.60. The molecule has 0 spiro atoms. The van der Waals surface area contributed by atoms with Gasteiger partial charge >= 0.3 is 0 Å². The summed E-state index contributed by atoms with van der Waals surface area (Å²) in [4.78, 5) is 6.32. The van der Waals surface area contributed by atoms with Crippen LogP contribution in [0.5, 0.6) is 0 Å². The van der Waals surface area contributed by atoms with E-state index in [1.165, 1.54) is 0 Å². The standard InChI is InChI=1S/C14H30N4O3S.HI/c1-4-22(19,20)17-9-8-16-14(15-2)18(3)10-5-13-6-11-21-12-7-13;/h13,17H,4-12H2,1-3H3,(H,15,16);1H. The number of sulfonamides is 1. The highest BCUT2D eigenvalue weighted by Gasteiger charge is 2.15. The lowest BCUT2D eigenvalue weighted by molar-refractivity contribution is 0.0625. The predicted octanol–water partition coefficient (Wildman–Crippen LogP) is 0.868. The van der Waals surface area contributed by atoms with Gasteiger partial charge in [-0.2, -0.15) is 0 Å². The number of hydrogen-bond donors (Lipinski definition) is 2. The average Bonchev–Trinajstić information content (AvgIpc) is 2.53. The Bertz CT molecular complexity index is 439.